The van der Waals surface area contributed by atoms with Crippen LogP contribution < -0.4 is 11.1 Å². The van der Waals surface area contributed by atoms with Gasteiger partial charge in [-0.3, -0.25) is 4.79 Å². The molecular formula is C26H29ClN4O. The van der Waals surface area contributed by atoms with E-state index in [0.29, 0.717) is 23.7 Å². The Kier molecular flexibility index (Phi) is 7.90. The van der Waals surface area contributed by atoms with Crippen LogP contribution in [0.15, 0.2) is 72.8 Å². The third-order valence-electron chi connectivity index (χ3n) is 5.50. The number of rotatable bonds is 8. The van der Waals surface area contributed by atoms with E-state index in [1.165, 1.54) is 24.8 Å². The highest BCUT2D eigenvalue weighted by Crippen LogP contribution is 2.23. The number of halogens is 1. The van der Waals surface area contributed by atoms with Gasteiger partial charge in [0.05, 0.1) is 17.6 Å². The molecule has 0 aliphatic carbocycles. The molecule has 0 fully saturated rings. The SMILES string of the molecule is CCCCCc1ccc(C(=O)Nc2ccc3c(c2)nc(N)n3Cc2ccccc2)cc1.Cl. The van der Waals surface area contributed by atoms with Gasteiger partial charge < -0.3 is 15.6 Å². The van der Waals surface area contributed by atoms with Crippen molar-refractivity contribution in [2.45, 2.75) is 39.2 Å². The van der Waals surface area contributed by atoms with E-state index in [0.717, 1.165) is 23.0 Å². The quantitative estimate of drug-likeness (QED) is 0.321. The Bertz CT molecular complexity index is 1170. The fourth-order valence-electron chi connectivity index (χ4n) is 3.76. The largest absolute Gasteiger partial charge is 0.369 e. The molecule has 0 bridgehead atoms. The summed E-state index contributed by atoms with van der Waals surface area (Å²) >= 11 is 0. The van der Waals surface area contributed by atoms with Gasteiger partial charge in [0.2, 0.25) is 5.95 Å². The van der Waals surface area contributed by atoms with Crippen LogP contribution in [0.2, 0.25) is 0 Å². The number of carbonyl (C=O) groups is 1. The van der Waals surface area contributed by atoms with Gasteiger partial charge in [0.1, 0.15) is 0 Å². The molecule has 0 spiro atoms. The number of aryl methyl sites for hydroxylation is 1. The van der Waals surface area contributed by atoms with Crippen molar-refractivity contribution >= 4 is 41.0 Å². The second-order valence-corrected chi connectivity index (χ2v) is 7.85. The predicted octanol–water partition coefficient (Wildman–Crippen LogP) is 6.07. The maximum absolute atomic E-state index is 12.7. The number of anilines is 2. The first-order valence-corrected chi connectivity index (χ1v) is 10.8. The second kappa shape index (κ2) is 10.8. The number of imidazole rings is 1. The monoisotopic (exact) mass is 448 g/mol. The van der Waals surface area contributed by atoms with Crippen molar-refractivity contribution in [2.24, 2.45) is 0 Å². The zero-order valence-electron chi connectivity index (χ0n) is 18.3. The van der Waals surface area contributed by atoms with E-state index in [1.54, 1.807) is 0 Å². The van der Waals surface area contributed by atoms with Gasteiger partial charge in [-0.15, -0.1) is 12.4 Å². The lowest BCUT2D eigenvalue weighted by molar-refractivity contribution is 0.102. The summed E-state index contributed by atoms with van der Waals surface area (Å²) in [6.45, 7) is 2.85. The molecule has 3 aromatic carbocycles. The number of hydrogen-bond donors (Lipinski definition) is 2. The summed E-state index contributed by atoms with van der Waals surface area (Å²) in [5, 5.41) is 2.97. The molecule has 0 unspecified atom stereocenters. The van der Waals surface area contributed by atoms with Crippen LogP contribution >= 0.6 is 12.4 Å². The van der Waals surface area contributed by atoms with Gasteiger partial charge in [-0.2, -0.15) is 0 Å². The fraction of sp³-hybridized carbons (Fsp3) is 0.231. The summed E-state index contributed by atoms with van der Waals surface area (Å²) in [5.74, 6) is 0.331. The minimum absolute atomic E-state index is 0. The molecule has 0 atom stereocenters. The molecule has 1 aromatic heterocycles. The number of nitrogens with zero attached hydrogens (tertiary/aromatic N) is 2. The van der Waals surface area contributed by atoms with Crippen LogP contribution in [0.4, 0.5) is 11.6 Å². The van der Waals surface area contributed by atoms with Crippen molar-refractivity contribution in [3.05, 3.63) is 89.5 Å². The van der Waals surface area contributed by atoms with Crippen LogP contribution in [0.25, 0.3) is 11.0 Å². The molecule has 0 aliphatic heterocycles. The number of amides is 1. The zero-order chi connectivity index (χ0) is 21.6. The lowest BCUT2D eigenvalue weighted by Gasteiger charge is -2.08. The molecule has 0 aliphatic rings. The fourth-order valence-corrected chi connectivity index (χ4v) is 3.76. The van der Waals surface area contributed by atoms with Crippen molar-refractivity contribution in [3.63, 3.8) is 0 Å². The number of nitrogen functional groups attached to an aromatic ring is 1. The number of nitrogens with one attached hydrogen (secondary N) is 1. The number of nitrogens with two attached hydrogens (primary N) is 1. The second-order valence-electron chi connectivity index (χ2n) is 7.85. The normalized spacial score (nSPS) is 10.7. The van der Waals surface area contributed by atoms with E-state index in [1.807, 2.05) is 65.2 Å². The number of benzene rings is 3. The van der Waals surface area contributed by atoms with E-state index in [-0.39, 0.29) is 18.3 Å². The number of hydrogen-bond acceptors (Lipinski definition) is 3. The van der Waals surface area contributed by atoms with Crippen LogP contribution in [0, 0.1) is 0 Å². The van der Waals surface area contributed by atoms with Crippen LogP contribution in [-0.4, -0.2) is 15.5 Å². The van der Waals surface area contributed by atoms with Crippen LogP contribution in [0.1, 0.15) is 47.7 Å². The van der Waals surface area contributed by atoms with Gasteiger partial charge in [0.15, 0.2) is 0 Å². The number of aromatic nitrogens is 2. The number of carbonyl (C=O) groups excluding carboxylic acids is 1. The standard InChI is InChI=1S/C26H28N4O.ClH/c1-2-3-5-8-19-11-13-21(14-12-19)25(31)28-22-15-16-24-23(17-22)29-26(27)30(24)18-20-9-6-4-7-10-20;/h4,6-7,9-17H,2-3,5,8,18H2,1H3,(H2,27,29)(H,28,31);1H. The molecular weight excluding hydrogens is 420 g/mol. The van der Waals surface area contributed by atoms with Crippen LogP contribution in [0.5, 0.6) is 0 Å². The molecule has 1 amide bonds. The Labute approximate surface area is 195 Å². The first kappa shape index (κ1) is 23.4. The topological polar surface area (TPSA) is 72.9 Å². The molecule has 166 valence electrons. The van der Waals surface area contributed by atoms with E-state index >= 15 is 0 Å². The first-order valence-electron chi connectivity index (χ1n) is 10.8. The maximum atomic E-state index is 12.7. The lowest BCUT2D eigenvalue weighted by atomic mass is 10.1. The van der Waals surface area contributed by atoms with Gasteiger partial charge in [0.25, 0.3) is 5.91 Å². The average molecular weight is 449 g/mol. The van der Waals surface area contributed by atoms with E-state index < -0.39 is 0 Å². The van der Waals surface area contributed by atoms with Crippen molar-refractivity contribution in [2.75, 3.05) is 11.1 Å². The molecule has 0 saturated heterocycles. The van der Waals surface area contributed by atoms with Crippen molar-refractivity contribution < 1.29 is 4.79 Å². The molecule has 5 nitrogen and oxygen atoms in total. The van der Waals surface area contributed by atoms with Gasteiger partial charge in [-0.1, -0.05) is 62.2 Å². The van der Waals surface area contributed by atoms with Crippen molar-refractivity contribution in [3.8, 4) is 0 Å². The summed E-state index contributed by atoms with van der Waals surface area (Å²) < 4.78 is 1.98. The van der Waals surface area contributed by atoms with Gasteiger partial charge >= 0.3 is 0 Å². The third-order valence-corrected chi connectivity index (χ3v) is 5.50. The molecule has 4 aromatic rings. The lowest BCUT2D eigenvalue weighted by Crippen LogP contribution is -2.11. The zero-order valence-corrected chi connectivity index (χ0v) is 19.1. The van der Waals surface area contributed by atoms with Crippen LogP contribution in [0.3, 0.4) is 0 Å². The van der Waals surface area contributed by atoms with Gasteiger partial charge in [-0.05, 0) is 54.3 Å². The molecule has 3 N–H and O–H groups in total. The Morgan fingerprint density at radius 2 is 1.72 bits per heavy atom. The van der Waals surface area contributed by atoms with Crippen molar-refractivity contribution in [1.29, 1.82) is 0 Å². The predicted molar refractivity (Wildman–Crippen MR) is 135 cm³/mol. The molecule has 0 radical (unpaired) electrons. The van der Waals surface area contributed by atoms with Gasteiger partial charge in [-0.25, -0.2) is 4.98 Å². The summed E-state index contributed by atoms with van der Waals surface area (Å²) in [5.41, 5.74) is 11.6. The van der Waals surface area contributed by atoms with Gasteiger partial charge in [0, 0.05) is 11.3 Å². The number of unbranched alkanes of at least 4 members (excludes halogenated alkanes) is 2. The first-order chi connectivity index (χ1) is 15.1. The Morgan fingerprint density at radius 3 is 2.44 bits per heavy atom. The number of fused-ring (bicyclic) bond motifs is 1. The minimum Gasteiger partial charge on any atom is -0.369 e. The highest BCUT2D eigenvalue weighted by Gasteiger charge is 2.11. The molecule has 1 heterocycles. The summed E-state index contributed by atoms with van der Waals surface area (Å²) in [6.07, 6.45) is 4.68. The highest BCUT2D eigenvalue weighted by molar-refractivity contribution is 6.05. The minimum atomic E-state index is -0.129. The summed E-state index contributed by atoms with van der Waals surface area (Å²) in [4.78, 5) is 17.2. The third kappa shape index (κ3) is 5.48. The summed E-state index contributed by atoms with van der Waals surface area (Å²) in [6, 6.07) is 23.7. The molecule has 6 heteroatoms. The molecule has 0 saturated carbocycles. The van der Waals surface area contributed by atoms with Crippen LogP contribution in [-0.2, 0) is 13.0 Å². The van der Waals surface area contributed by atoms with E-state index in [9.17, 15) is 4.79 Å². The Hall–Kier alpha value is -3.31. The molecule has 4 rings (SSSR count). The Morgan fingerprint density at radius 1 is 0.969 bits per heavy atom. The smallest absolute Gasteiger partial charge is 0.255 e. The highest BCUT2D eigenvalue weighted by atomic mass is 35.5. The Balaban J connectivity index is 0.00000289. The molecule has 32 heavy (non-hydrogen) atoms. The average Bonchev–Trinajstić information content (AvgIpc) is 3.09. The summed E-state index contributed by atoms with van der Waals surface area (Å²) in [7, 11) is 0. The van der Waals surface area contributed by atoms with Crippen molar-refractivity contribution in [1.82, 2.24) is 9.55 Å². The van der Waals surface area contributed by atoms with E-state index in [4.69, 9.17) is 5.73 Å². The van der Waals surface area contributed by atoms with E-state index in [2.05, 4.69) is 29.4 Å². The maximum Gasteiger partial charge on any atom is 0.255 e.